The van der Waals surface area contributed by atoms with Crippen LogP contribution in [-0.4, -0.2) is 29.9 Å². The quantitative estimate of drug-likeness (QED) is 0.435. The maximum absolute atomic E-state index is 4.89. The zero-order valence-electron chi connectivity index (χ0n) is 15.9. The number of aromatic nitrogens is 6. The van der Waals surface area contributed by atoms with E-state index in [4.69, 9.17) is 15.0 Å². The molecule has 0 bridgehead atoms. The van der Waals surface area contributed by atoms with E-state index < -0.39 is 0 Å². The van der Waals surface area contributed by atoms with Gasteiger partial charge in [-0.25, -0.2) is 15.0 Å². The number of hydrogen-bond acceptors (Lipinski definition) is 4. The summed E-state index contributed by atoms with van der Waals surface area (Å²) >= 11 is 0. The van der Waals surface area contributed by atoms with Gasteiger partial charge in [0, 0.05) is 12.4 Å². The van der Waals surface area contributed by atoms with Crippen molar-refractivity contribution in [3.63, 3.8) is 0 Å². The Labute approximate surface area is 171 Å². The molecule has 0 aliphatic heterocycles. The standard InChI is InChI=1S/C24H16N6/c1-2-6-18-17(5-1)27-23(28-18)21-13-16(15-9-11-25-12-10-15)14-22(26-21)24-29-19-7-3-4-8-20(19)30-24/h1-14H,(H,27,28)(H,29,30). The summed E-state index contributed by atoms with van der Waals surface area (Å²) in [6, 6.07) is 24.0. The van der Waals surface area contributed by atoms with Gasteiger partial charge in [-0.1, -0.05) is 24.3 Å². The summed E-state index contributed by atoms with van der Waals surface area (Å²) in [5, 5.41) is 0. The lowest BCUT2D eigenvalue weighted by molar-refractivity contribution is 1.20. The second-order valence-corrected chi connectivity index (χ2v) is 7.07. The van der Waals surface area contributed by atoms with Gasteiger partial charge in [-0.2, -0.15) is 0 Å². The fraction of sp³-hybridized carbons (Fsp3) is 0. The first-order valence-electron chi connectivity index (χ1n) is 9.66. The van der Waals surface area contributed by atoms with Crippen molar-refractivity contribution in [1.82, 2.24) is 29.9 Å². The van der Waals surface area contributed by atoms with Crippen LogP contribution < -0.4 is 0 Å². The van der Waals surface area contributed by atoms with E-state index in [1.165, 1.54) is 0 Å². The molecule has 4 aromatic heterocycles. The number of nitrogens with zero attached hydrogens (tertiary/aromatic N) is 4. The molecule has 30 heavy (non-hydrogen) atoms. The summed E-state index contributed by atoms with van der Waals surface area (Å²) in [5.41, 5.74) is 7.39. The smallest absolute Gasteiger partial charge is 0.157 e. The van der Waals surface area contributed by atoms with Crippen LogP contribution in [0.15, 0.2) is 85.2 Å². The molecule has 0 fully saturated rings. The number of hydrogen-bond donors (Lipinski definition) is 2. The van der Waals surface area contributed by atoms with E-state index in [1.807, 2.05) is 72.8 Å². The lowest BCUT2D eigenvalue weighted by atomic mass is 10.1. The van der Waals surface area contributed by atoms with E-state index in [0.29, 0.717) is 0 Å². The highest BCUT2D eigenvalue weighted by Crippen LogP contribution is 2.29. The van der Waals surface area contributed by atoms with Gasteiger partial charge in [0.05, 0.1) is 22.1 Å². The predicted molar refractivity (Wildman–Crippen MR) is 118 cm³/mol. The molecular weight excluding hydrogens is 372 g/mol. The van der Waals surface area contributed by atoms with Crippen molar-refractivity contribution in [1.29, 1.82) is 0 Å². The van der Waals surface area contributed by atoms with Gasteiger partial charge in [-0.15, -0.1) is 0 Å². The summed E-state index contributed by atoms with van der Waals surface area (Å²) in [5.74, 6) is 1.45. The number of benzene rings is 2. The van der Waals surface area contributed by atoms with Crippen LogP contribution >= 0.6 is 0 Å². The Hall–Kier alpha value is -4.32. The van der Waals surface area contributed by atoms with Crippen molar-refractivity contribution in [3.05, 3.63) is 85.2 Å². The lowest BCUT2D eigenvalue weighted by Crippen LogP contribution is -1.93. The molecule has 0 spiro atoms. The molecule has 0 aliphatic carbocycles. The molecule has 6 heteroatoms. The summed E-state index contributed by atoms with van der Waals surface area (Å²) in [6.07, 6.45) is 3.58. The Balaban J connectivity index is 1.57. The molecule has 6 nitrogen and oxygen atoms in total. The molecule has 0 aliphatic rings. The summed E-state index contributed by atoms with van der Waals surface area (Å²) in [4.78, 5) is 25.3. The molecular formula is C24H16N6. The second kappa shape index (κ2) is 6.63. The van der Waals surface area contributed by atoms with Crippen molar-refractivity contribution >= 4 is 22.1 Å². The minimum atomic E-state index is 0.726. The lowest BCUT2D eigenvalue weighted by Gasteiger charge is -2.07. The molecule has 6 rings (SSSR count). The SMILES string of the molecule is c1ccc2[nH]c(-c3cc(-c4ccncc4)cc(-c4nc5ccccc5[nH]4)n3)nc2c1. The molecule has 0 unspecified atom stereocenters. The maximum atomic E-state index is 4.89. The average Bonchev–Trinajstić information content (AvgIpc) is 3.44. The normalized spacial score (nSPS) is 11.3. The third-order valence-electron chi connectivity index (χ3n) is 5.10. The molecule has 0 amide bonds. The van der Waals surface area contributed by atoms with Crippen LogP contribution in [0.1, 0.15) is 0 Å². The van der Waals surface area contributed by atoms with Crippen LogP contribution in [0.4, 0.5) is 0 Å². The van der Waals surface area contributed by atoms with Crippen LogP contribution in [0, 0.1) is 0 Å². The first-order valence-corrected chi connectivity index (χ1v) is 9.66. The molecule has 6 aromatic rings. The van der Waals surface area contributed by atoms with Gasteiger partial charge in [0.15, 0.2) is 11.6 Å². The predicted octanol–water partition coefficient (Wildman–Crippen LogP) is 5.23. The van der Waals surface area contributed by atoms with E-state index in [1.54, 1.807) is 12.4 Å². The zero-order chi connectivity index (χ0) is 19.9. The fourth-order valence-electron chi connectivity index (χ4n) is 3.63. The molecule has 0 atom stereocenters. The van der Waals surface area contributed by atoms with Crippen molar-refractivity contribution < 1.29 is 0 Å². The first kappa shape index (κ1) is 16.6. The molecule has 142 valence electrons. The zero-order valence-corrected chi connectivity index (χ0v) is 15.9. The van der Waals surface area contributed by atoms with Gasteiger partial charge < -0.3 is 9.97 Å². The Morgan fingerprint density at radius 3 is 1.60 bits per heavy atom. The summed E-state index contributed by atoms with van der Waals surface area (Å²) in [7, 11) is 0. The van der Waals surface area contributed by atoms with E-state index in [-0.39, 0.29) is 0 Å². The number of nitrogens with one attached hydrogen (secondary N) is 2. The summed E-state index contributed by atoms with van der Waals surface area (Å²) < 4.78 is 0. The Morgan fingerprint density at radius 2 is 1.07 bits per heavy atom. The van der Waals surface area contributed by atoms with Crippen LogP contribution in [0.2, 0.25) is 0 Å². The second-order valence-electron chi connectivity index (χ2n) is 7.07. The third-order valence-corrected chi connectivity index (χ3v) is 5.10. The highest BCUT2D eigenvalue weighted by molar-refractivity contribution is 5.82. The maximum Gasteiger partial charge on any atom is 0.157 e. The topological polar surface area (TPSA) is 83.1 Å². The van der Waals surface area contributed by atoms with E-state index >= 15 is 0 Å². The molecule has 0 saturated heterocycles. The molecule has 2 N–H and O–H groups in total. The Morgan fingerprint density at radius 1 is 0.533 bits per heavy atom. The van der Waals surface area contributed by atoms with E-state index in [9.17, 15) is 0 Å². The number of aromatic amines is 2. The van der Waals surface area contributed by atoms with E-state index in [0.717, 1.165) is 56.2 Å². The van der Waals surface area contributed by atoms with Crippen molar-refractivity contribution in [3.8, 4) is 34.2 Å². The van der Waals surface area contributed by atoms with Crippen molar-refractivity contribution in [2.75, 3.05) is 0 Å². The van der Waals surface area contributed by atoms with Gasteiger partial charge in [0.1, 0.15) is 11.4 Å². The number of fused-ring (bicyclic) bond motifs is 2. The van der Waals surface area contributed by atoms with Gasteiger partial charge in [0.25, 0.3) is 0 Å². The largest absolute Gasteiger partial charge is 0.337 e. The Bertz CT molecular complexity index is 1340. The van der Waals surface area contributed by atoms with Crippen LogP contribution in [-0.2, 0) is 0 Å². The van der Waals surface area contributed by atoms with Gasteiger partial charge in [-0.05, 0) is 59.7 Å². The average molecular weight is 388 g/mol. The number of imidazole rings is 2. The fourth-order valence-corrected chi connectivity index (χ4v) is 3.63. The van der Waals surface area contributed by atoms with Gasteiger partial charge in [0.2, 0.25) is 0 Å². The molecule has 0 saturated carbocycles. The van der Waals surface area contributed by atoms with Gasteiger partial charge >= 0.3 is 0 Å². The minimum absolute atomic E-state index is 0.726. The molecule has 0 radical (unpaired) electrons. The molecule has 4 heterocycles. The first-order chi connectivity index (χ1) is 14.8. The van der Waals surface area contributed by atoms with Gasteiger partial charge in [-0.3, -0.25) is 4.98 Å². The monoisotopic (exact) mass is 388 g/mol. The van der Waals surface area contributed by atoms with E-state index in [2.05, 4.69) is 15.0 Å². The number of rotatable bonds is 3. The van der Waals surface area contributed by atoms with Crippen molar-refractivity contribution in [2.24, 2.45) is 0 Å². The van der Waals surface area contributed by atoms with Crippen LogP contribution in [0.3, 0.4) is 0 Å². The number of para-hydroxylation sites is 4. The third kappa shape index (κ3) is 2.82. The molecule has 2 aromatic carbocycles. The highest BCUT2D eigenvalue weighted by Gasteiger charge is 2.14. The van der Waals surface area contributed by atoms with Crippen LogP contribution in [0.25, 0.3) is 56.2 Å². The number of H-pyrrole nitrogens is 2. The summed E-state index contributed by atoms with van der Waals surface area (Å²) in [6.45, 7) is 0. The van der Waals surface area contributed by atoms with Crippen LogP contribution in [0.5, 0.6) is 0 Å². The Kier molecular flexibility index (Phi) is 3.67. The highest BCUT2D eigenvalue weighted by atomic mass is 15.0. The minimum Gasteiger partial charge on any atom is -0.337 e. The van der Waals surface area contributed by atoms with Crippen molar-refractivity contribution in [2.45, 2.75) is 0 Å². The number of pyridine rings is 2.